The van der Waals surface area contributed by atoms with Crippen LogP contribution >= 0.6 is 11.6 Å². The summed E-state index contributed by atoms with van der Waals surface area (Å²) in [5.41, 5.74) is 0.355. The summed E-state index contributed by atoms with van der Waals surface area (Å²) in [6.07, 6.45) is 2.87. The summed E-state index contributed by atoms with van der Waals surface area (Å²) in [6.45, 7) is 1.03. The lowest BCUT2D eigenvalue weighted by atomic mass is 10.2. The summed E-state index contributed by atoms with van der Waals surface area (Å²) in [7, 11) is -4.04. The van der Waals surface area contributed by atoms with Crippen molar-refractivity contribution in [1.29, 1.82) is 0 Å². The normalized spacial score (nSPS) is 18.2. The van der Waals surface area contributed by atoms with Crippen LogP contribution in [0.25, 0.3) is 0 Å². The van der Waals surface area contributed by atoms with Crippen LogP contribution in [0.3, 0.4) is 0 Å². The van der Waals surface area contributed by atoms with Gasteiger partial charge in [0.2, 0.25) is 9.84 Å². The third-order valence-corrected chi connectivity index (χ3v) is 6.74. The average molecular weight is 407 g/mol. The zero-order valence-corrected chi connectivity index (χ0v) is 15.8. The Balaban J connectivity index is 1.93. The number of carbonyl (C=O) groups excluding carboxylic acids is 1. The molecule has 0 bridgehead atoms. The fraction of sp³-hybridized carbons (Fsp3) is 0.211. The number of fused-ring (bicyclic) bond motifs is 1. The molecule has 4 rings (SSSR count). The van der Waals surface area contributed by atoms with Gasteiger partial charge in [-0.3, -0.25) is 4.79 Å². The second kappa shape index (κ2) is 6.65. The molecule has 0 radical (unpaired) electrons. The number of sulfone groups is 1. The average Bonchev–Trinajstić information content (AvgIpc) is 3.17. The predicted octanol–water partition coefficient (Wildman–Crippen LogP) is 3.87. The van der Waals surface area contributed by atoms with Crippen LogP contribution < -0.4 is 4.90 Å². The van der Waals surface area contributed by atoms with Gasteiger partial charge < -0.3 is 9.80 Å². The first-order chi connectivity index (χ1) is 12.9. The minimum absolute atomic E-state index is 0.0693. The molecule has 2 aliphatic heterocycles. The van der Waals surface area contributed by atoms with Crippen molar-refractivity contribution in [3.63, 3.8) is 0 Å². The summed E-state index contributed by atoms with van der Waals surface area (Å²) >= 11 is 6.05. The molecular weight excluding hydrogens is 391 g/mol. The fourth-order valence-electron chi connectivity index (χ4n) is 3.37. The molecule has 0 unspecified atom stereocenters. The van der Waals surface area contributed by atoms with Crippen LogP contribution in [0.1, 0.15) is 12.8 Å². The van der Waals surface area contributed by atoms with Crippen molar-refractivity contribution < 1.29 is 17.6 Å². The first kappa shape index (κ1) is 18.0. The predicted molar refractivity (Wildman–Crippen MR) is 101 cm³/mol. The molecule has 1 amide bonds. The number of likely N-dealkylation sites (tertiary alicyclic amines) is 1. The zero-order valence-electron chi connectivity index (χ0n) is 14.2. The number of hydrogen-bond donors (Lipinski definition) is 0. The Hall–Kier alpha value is -2.38. The van der Waals surface area contributed by atoms with Crippen molar-refractivity contribution in [3.05, 3.63) is 64.4 Å². The van der Waals surface area contributed by atoms with E-state index in [0.29, 0.717) is 18.1 Å². The Morgan fingerprint density at radius 1 is 1.04 bits per heavy atom. The van der Waals surface area contributed by atoms with E-state index in [9.17, 15) is 17.6 Å². The fourth-order valence-corrected chi connectivity index (χ4v) is 5.06. The summed E-state index contributed by atoms with van der Waals surface area (Å²) in [6, 6.07) is 10.2. The van der Waals surface area contributed by atoms with Gasteiger partial charge in [0.1, 0.15) is 5.82 Å². The molecule has 0 saturated carbocycles. The van der Waals surface area contributed by atoms with E-state index in [1.54, 1.807) is 12.1 Å². The van der Waals surface area contributed by atoms with E-state index in [2.05, 4.69) is 0 Å². The van der Waals surface area contributed by atoms with Crippen molar-refractivity contribution in [3.8, 4) is 0 Å². The molecular formula is C19H16ClFN2O3S. The first-order valence-corrected chi connectivity index (χ1v) is 10.4. The van der Waals surface area contributed by atoms with E-state index in [0.717, 1.165) is 12.8 Å². The van der Waals surface area contributed by atoms with Gasteiger partial charge in [-0.05, 0) is 43.2 Å². The molecule has 2 aromatic carbocycles. The Labute approximate surface area is 161 Å². The summed E-state index contributed by atoms with van der Waals surface area (Å²) in [5.74, 6) is -1.10. The van der Waals surface area contributed by atoms with Gasteiger partial charge in [-0.1, -0.05) is 23.7 Å². The lowest BCUT2D eigenvalue weighted by Crippen LogP contribution is -2.35. The highest BCUT2D eigenvalue weighted by molar-refractivity contribution is 7.96. The largest absolute Gasteiger partial charge is 0.338 e. The lowest BCUT2D eigenvalue weighted by Gasteiger charge is -2.30. The Morgan fingerprint density at radius 3 is 2.44 bits per heavy atom. The second-order valence-electron chi connectivity index (χ2n) is 6.43. The van der Waals surface area contributed by atoms with Gasteiger partial charge in [-0.25, -0.2) is 12.8 Å². The van der Waals surface area contributed by atoms with Gasteiger partial charge in [0.25, 0.3) is 5.91 Å². The molecule has 27 heavy (non-hydrogen) atoms. The van der Waals surface area contributed by atoms with Crippen molar-refractivity contribution >= 4 is 38.7 Å². The van der Waals surface area contributed by atoms with Crippen LogP contribution in [-0.4, -0.2) is 32.3 Å². The molecule has 2 aliphatic rings. The topological polar surface area (TPSA) is 57.7 Å². The maximum atomic E-state index is 14.4. The van der Waals surface area contributed by atoms with Gasteiger partial charge in [0, 0.05) is 24.3 Å². The van der Waals surface area contributed by atoms with Gasteiger partial charge >= 0.3 is 0 Å². The molecule has 5 nitrogen and oxygen atoms in total. The molecule has 8 heteroatoms. The Kier molecular flexibility index (Phi) is 4.44. The number of halogens is 2. The number of amides is 1. The van der Waals surface area contributed by atoms with Crippen LogP contribution in [0.5, 0.6) is 0 Å². The van der Waals surface area contributed by atoms with Gasteiger partial charge in [-0.2, -0.15) is 0 Å². The number of hydrogen-bond acceptors (Lipinski definition) is 4. The number of carbonyl (C=O) groups is 1. The summed E-state index contributed by atoms with van der Waals surface area (Å²) in [5, 5.41) is 0.313. The van der Waals surface area contributed by atoms with Crippen molar-refractivity contribution in [1.82, 2.24) is 4.90 Å². The molecule has 1 fully saturated rings. The molecule has 2 aromatic rings. The van der Waals surface area contributed by atoms with E-state index < -0.39 is 21.6 Å². The van der Waals surface area contributed by atoms with Crippen molar-refractivity contribution in [2.75, 3.05) is 18.0 Å². The highest BCUT2D eigenvalue weighted by Gasteiger charge is 2.38. The van der Waals surface area contributed by atoms with Gasteiger partial charge in [-0.15, -0.1) is 0 Å². The summed E-state index contributed by atoms with van der Waals surface area (Å²) in [4.78, 5) is 15.4. The van der Waals surface area contributed by atoms with E-state index >= 15 is 0 Å². The molecule has 0 aromatic heterocycles. The highest BCUT2D eigenvalue weighted by Crippen LogP contribution is 2.42. The molecule has 0 N–H and O–H groups in total. The SMILES string of the molecule is O=C(C1=CN(c2ccccc2F)c2cc(Cl)ccc2S1(=O)=O)N1CCCC1. The smallest absolute Gasteiger partial charge is 0.267 e. The van der Waals surface area contributed by atoms with E-state index in [1.165, 1.54) is 46.3 Å². The van der Waals surface area contributed by atoms with Crippen LogP contribution in [0.15, 0.2) is 58.5 Å². The van der Waals surface area contributed by atoms with Crippen LogP contribution in [0.4, 0.5) is 15.8 Å². The molecule has 2 heterocycles. The first-order valence-electron chi connectivity index (χ1n) is 8.49. The van der Waals surface area contributed by atoms with Crippen LogP contribution in [0, 0.1) is 5.82 Å². The maximum absolute atomic E-state index is 14.4. The van der Waals surface area contributed by atoms with E-state index in [-0.39, 0.29) is 21.2 Å². The minimum atomic E-state index is -4.04. The van der Waals surface area contributed by atoms with Crippen molar-refractivity contribution in [2.45, 2.75) is 17.7 Å². The quantitative estimate of drug-likeness (QED) is 0.759. The third-order valence-electron chi connectivity index (χ3n) is 4.72. The Bertz CT molecular complexity index is 1060. The molecule has 1 saturated heterocycles. The van der Waals surface area contributed by atoms with Crippen LogP contribution in [-0.2, 0) is 14.6 Å². The number of nitrogens with zero attached hydrogens (tertiary/aromatic N) is 2. The highest BCUT2D eigenvalue weighted by atomic mass is 35.5. The molecule has 0 spiro atoms. The maximum Gasteiger partial charge on any atom is 0.267 e. The number of benzene rings is 2. The lowest BCUT2D eigenvalue weighted by molar-refractivity contribution is -0.125. The molecule has 140 valence electrons. The van der Waals surface area contributed by atoms with E-state index in [1.807, 2.05) is 0 Å². The van der Waals surface area contributed by atoms with Gasteiger partial charge in [0.15, 0.2) is 4.91 Å². The Morgan fingerprint density at radius 2 is 1.74 bits per heavy atom. The van der Waals surface area contributed by atoms with Crippen LogP contribution in [0.2, 0.25) is 5.02 Å². The third kappa shape index (κ3) is 3.00. The molecule has 0 atom stereocenters. The zero-order chi connectivity index (χ0) is 19.2. The molecule has 0 aliphatic carbocycles. The van der Waals surface area contributed by atoms with E-state index in [4.69, 9.17) is 11.6 Å². The standard InChI is InChI=1S/C19H16ClFN2O3S/c20-13-7-8-17-16(11-13)23(15-6-2-1-5-14(15)21)12-18(27(17,25)26)19(24)22-9-3-4-10-22/h1-2,5-8,11-12H,3-4,9-10H2. The number of rotatable bonds is 2. The van der Waals surface area contributed by atoms with Crippen molar-refractivity contribution in [2.24, 2.45) is 0 Å². The number of anilines is 2. The van der Waals surface area contributed by atoms with Gasteiger partial charge in [0.05, 0.1) is 16.3 Å². The summed E-state index contributed by atoms with van der Waals surface area (Å²) < 4.78 is 40.6. The number of para-hydroxylation sites is 1. The monoisotopic (exact) mass is 406 g/mol. The minimum Gasteiger partial charge on any atom is -0.338 e. The second-order valence-corrected chi connectivity index (χ2v) is 8.75.